The number of H-pyrrole nitrogens is 1. The number of carboxylic acid groups (broad SMARTS) is 1. The van der Waals surface area contributed by atoms with E-state index in [4.69, 9.17) is 5.11 Å². The molecule has 0 fully saturated rings. The Morgan fingerprint density at radius 1 is 1.23 bits per heavy atom. The van der Waals surface area contributed by atoms with Crippen LogP contribution in [-0.2, 0) is 28.7 Å². The Morgan fingerprint density at radius 3 is 2.71 bits per heavy atom. The first kappa shape index (κ1) is 24.2. The van der Waals surface area contributed by atoms with Crippen molar-refractivity contribution in [2.24, 2.45) is 5.92 Å². The maximum atomic E-state index is 12.9. The summed E-state index contributed by atoms with van der Waals surface area (Å²) in [6.45, 7) is 1.29. The predicted octanol–water partition coefficient (Wildman–Crippen LogP) is 2.99. The lowest BCUT2D eigenvalue weighted by molar-refractivity contribution is -0.144. The largest absolute Gasteiger partial charge is 0.480 e. The standard InChI is InChI=1S/C23H22F3N5O4/c1-12-6-14-7-13(2-4-16(14)30-31(22(12)35)11-21(33)34)19(32)9-27-10-20-28-17-5-3-15(23(24,25)26)8-18(17)29-20/h2-5,7-8,12,27,30H,6,9-11H2,1H3,(H,28,29)(H,33,34). The van der Waals surface area contributed by atoms with Gasteiger partial charge in [0, 0.05) is 11.5 Å². The lowest BCUT2D eigenvalue weighted by Gasteiger charge is -2.22. The number of rotatable bonds is 7. The van der Waals surface area contributed by atoms with E-state index in [1.54, 1.807) is 25.1 Å². The summed E-state index contributed by atoms with van der Waals surface area (Å²) in [5.74, 6) is -1.81. The summed E-state index contributed by atoms with van der Waals surface area (Å²) in [4.78, 5) is 43.2. The number of hydrogen-bond acceptors (Lipinski definition) is 6. The number of nitrogens with one attached hydrogen (secondary N) is 3. The SMILES string of the molecule is CC1Cc2cc(C(=O)CNCc3nc4ccc(C(F)(F)F)cc4[nH]3)ccc2NN(CC(=O)O)C1=O. The molecule has 1 aliphatic rings. The van der Waals surface area contributed by atoms with E-state index in [9.17, 15) is 27.6 Å². The zero-order chi connectivity index (χ0) is 25.3. The van der Waals surface area contributed by atoms with Crippen molar-refractivity contribution in [1.29, 1.82) is 0 Å². The van der Waals surface area contributed by atoms with Crippen molar-refractivity contribution in [2.45, 2.75) is 26.1 Å². The molecule has 1 aliphatic heterocycles. The Kier molecular flexibility index (Phi) is 6.48. The van der Waals surface area contributed by atoms with Gasteiger partial charge >= 0.3 is 12.1 Å². The number of aliphatic carboxylic acids is 1. The predicted molar refractivity (Wildman–Crippen MR) is 119 cm³/mol. The number of halogens is 3. The number of aromatic nitrogens is 2. The van der Waals surface area contributed by atoms with Crippen LogP contribution in [0.15, 0.2) is 36.4 Å². The van der Waals surface area contributed by atoms with Gasteiger partial charge in [-0.2, -0.15) is 13.2 Å². The van der Waals surface area contributed by atoms with E-state index < -0.39 is 30.2 Å². The molecule has 9 nitrogen and oxygen atoms in total. The molecule has 2 heterocycles. The Labute approximate surface area is 197 Å². The highest BCUT2D eigenvalue weighted by atomic mass is 19.4. The van der Waals surface area contributed by atoms with E-state index in [0.29, 0.717) is 34.6 Å². The second-order valence-corrected chi connectivity index (χ2v) is 8.35. The van der Waals surface area contributed by atoms with Crippen LogP contribution in [0.3, 0.4) is 0 Å². The quantitative estimate of drug-likeness (QED) is 0.376. The molecule has 1 amide bonds. The first-order valence-electron chi connectivity index (χ1n) is 10.7. The molecule has 12 heteroatoms. The van der Waals surface area contributed by atoms with E-state index >= 15 is 0 Å². The summed E-state index contributed by atoms with van der Waals surface area (Å²) < 4.78 is 38.6. The molecule has 1 aromatic heterocycles. The minimum absolute atomic E-state index is 0.0450. The van der Waals surface area contributed by atoms with Crippen molar-refractivity contribution >= 4 is 34.4 Å². The highest BCUT2D eigenvalue weighted by Crippen LogP contribution is 2.31. The molecule has 0 spiro atoms. The van der Waals surface area contributed by atoms with Gasteiger partial charge in [-0.15, -0.1) is 0 Å². The molecule has 0 radical (unpaired) electrons. The van der Waals surface area contributed by atoms with Crippen LogP contribution in [0, 0.1) is 5.92 Å². The molecular formula is C23H22F3N5O4. The summed E-state index contributed by atoms with van der Waals surface area (Å²) in [5.41, 5.74) is 4.35. The molecule has 35 heavy (non-hydrogen) atoms. The fourth-order valence-corrected chi connectivity index (χ4v) is 3.90. The number of alkyl halides is 3. The number of carbonyl (C=O) groups is 3. The monoisotopic (exact) mass is 489 g/mol. The average Bonchev–Trinajstić information content (AvgIpc) is 3.15. The first-order chi connectivity index (χ1) is 16.5. The van der Waals surface area contributed by atoms with Gasteiger partial charge in [0.1, 0.15) is 12.4 Å². The molecule has 4 rings (SSSR count). The normalized spacial score (nSPS) is 16.1. The van der Waals surface area contributed by atoms with E-state index in [2.05, 4.69) is 20.7 Å². The number of nitrogens with zero attached hydrogens (tertiary/aromatic N) is 2. The summed E-state index contributed by atoms with van der Waals surface area (Å²) in [6, 6.07) is 8.11. The van der Waals surface area contributed by atoms with Crippen molar-refractivity contribution in [3.8, 4) is 0 Å². The molecule has 0 saturated carbocycles. The number of aromatic amines is 1. The number of carboxylic acids is 1. The number of Topliss-reactive ketones (excluding diaryl/α,β-unsaturated/α-hetero) is 1. The average molecular weight is 489 g/mol. The van der Waals surface area contributed by atoms with Crippen molar-refractivity contribution in [3.05, 3.63) is 58.9 Å². The van der Waals surface area contributed by atoms with E-state index in [0.717, 1.165) is 17.1 Å². The number of hydrogen-bond donors (Lipinski definition) is 4. The van der Waals surface area contributed by atoms with Gasteiger partial charge in [-0.25, -0.2) is 9.99 Å². The minimum Gasteiger partial charge on any atom is -0.480 e. The van der Waals surface area contributed by atoms with Gasteiger partial charge in [0.15, 0.2) is 5.78 Å². The Balaban J connectivity index is 1.41. The van der Waals surface area contributed by atoms with Crippen molar-refractivity contribution in [1.82, 2.24) is 20.3 Å². The molecule has 3 aromatic rings. The van der Waals surface area contributed by atoms with Crippen LogP contribution in [0.5, 0.6) is 0 Å². The smallest absolute Gasteiger partial charge is 0.416 e. The van der Waals surface area contributed by atoms with Crippen LogP contribution in [0.25, 0.3) is 11.0 Å². The third-order valence-electron chi connectivity index (χ3n) is 5.63. The molecule has 0 saturated heterocycles. The second-order valence-electron chi connectivity index (χ2n) is 8.35. The maximum absolute atomic E-state index is 12.9. The summed E-state index contributed by atoms with van der Waals surface area (Å²) in [6.07, 6.45) is -4.11. The number of amides is 1. The molecular weight excluding hydrogens is 467 g/mol. The van der Waals surface area contributed by atoms with Crippen LogP contribution in [0.4, 0.5) is 18.9 Å². The highest BCUT2D eigenvalue weighted by Gasteiger charge is 2.31. The number of fused-ring (bicyclic) bond motifs is 2. The van der Waals surface area contributed by atoms with E-state index in [1.807, 2.05) is 0 Å². The van der Waals surface area contributed by atoms with E-state index in [-0.39, 0.29) is 30.3 Å². The number of ketones is 1. The number of anilines is 1. The zero-order valence-electron chi connectivity index (χ0n) is 18.6. The minimum atomic E-state index is -4.45. The van der Waals surface area contributed by atoms with Crippen LogP contribution < -0.4 is 10.7 Å². The number of carbonyl (C=O) groups excluding carboxylic acids is 2. The molecule has 1 unspecified atom stereocenters. The van der Waals surface area contributed by atoms with Gasteiger partial charge in [-0.1, -0.05) is 6.92 Å². The fourth-order valence-electron chi connectivity index (χ4n) is 3.90. The number of hydrazine groups is 1. The zero-order valence-corrected chi connectivity index (χ0v) is 18.6. The van der Waals surface area contributed by atoms with Crippen molar-refractivity contribution in [3.63, 3.8) is 0 Å². The number of imidazole rings is 1. The molecule has 0 bridgehead atoms. The molecule has 4 N–H and O–H groups in total. The second kappa shape index (κ2) is 9.37. The van der Waals surface area contributed by atoms with Crippen LogP contribution in [0.1, 0.15) is 34.2 Å². The lowest BCUT2D eigenvalue weighted by atomic mass is 9.97. The summed E-state index contributed by atoms with van der Waals surface area (Å²) in [5, 5.41) is 13.0. The van der Waals surface area contributed by atoms with Gasteiger partial charge in [-0.3, -0.25) is 19.8 Å². The topological polar surface area (TPSA) is 127 Å². The molecule has 2 aromatic carbocycles. The maximum Gasteiger partial charge on any atom is 0.416 e. The molecule has 1 atom stereocenters. The lowest BCUT2D eigenvalue weighted by Crippen LogP contribution is -2.41. The number of benzene rings is 2. The summed E-state index contributed by atoms with van der Waals surface area (Å²) >= 11 is 0. The summed E-state index contributed by atoms with van der Waals surface area (Å²) in [7, 11) is 0. The first-order valence-corrected chi connectivity index (χ1v) is 10.7. The molecule has 184 valence electrons. The van der Waals surface area contributed by atoms with Crippen LogP contribution >= 0.6 is 0 Å². The van der Waals surface area contributed by atoms with Gasteiger partial charge in [0.05, 0.1) is 35.4 Å². The Hall–Kier alpha value is -3.93. The Morgan fingerprint density at radius 2 is 2.00 bits per heavy atom. The third-order valence-corrected chi connectivity index (χ3v) is 5.63. The van der Waals surface area contributed by atoms with Gasteiger partial charge < -0.3 is 15.4 Å². The van der Waals surface area contributed by atoms with Crippen molar-refractivity contribution < 1.29 is 32.7 Å². The highest BCUT2D eigenvalue weighted by molar-refractivity contribution is 5.98. The van der Waals surface area contributed by atoms with Crippen LogP contribution in [-0.4, -0.2) is 50.8 Å². The fraction of sp³-hybridized carbons (Fsp3) is 0.304. The van der Waals surface area contributed by atoms with Crippen molar-refractivity contribution in [2.75, 3.05) is 18.5 Å². The van der Waals surface area contributed by atoms with Crippen LogP contribution in [0.2, 0.25) is 0 Å². The van der Waals surface area contributed by atoms with Gasteiger partial charge in [0.2, 0.25) is 5.91 Å². The van der Waals surface area contributed by atoms with Gasteiger partial charge in [-0.05, 0) is 48.4 Å². The molecule has 0 aliphatic carbocycles. The Bertz CT molecular complexity index is 1300. The van der Waals surface area contributed by atoms with Gasteiger partial charge in [0.25, 0.3) is 0 Å². The third kappa shape index (κ3) is 5.43. The van der Waals surface area contributed by atoms with E-state index in [1.165, 1.54) is 6.07 Å².